The number of nitrogens with zero attached hydrogens (tertiary/aromatic N) is 3. The van der Waals surface area contributed by atoms with E-state index in [4.69, 9.17) is 11.5 Å². The molecule has 0 radical (unpaired) electrons. The van der Waals surface area contributed by atoms with Gasteiger partial charge >= 0.3 is 0 Å². The predicted molar refractivity (Wildman–Crippen MR) is 123 cm³/mol. The van der Waals surface area contributed by atoms with Crippen molar-refractivity contribution in [3.63, 3.8) is 0 Å². The summed E-state index contributed by atoms with van der Waals surface area (Å²) < 4.78 is 0. The molecule has 1 aromatic heterocycles. The predicted octanol–water partition coefficient (Wildman–Crippen LogP) is 3.38. The summed E-state index contributed by atoms with van der Waals surface area (Å²) in [6, 6.07) is 6.66. The molecule has 8 nitrogen and oxygen atoms in total. The lowest BCUT2D eigenvalue weighted by atomic mass is 9.92. The third kappa shape index (κ3) is 5.02. The third-order valence-electron chi connectivity index (χ3n) is 6.32. The van der Waals surface area contributed by atoms with Crippen LogP contribution >= 0.6 is 0 Å². The number of hydrogen-bond acceptors (Lipinski definition) is 7. The van der Waals surface area contributed by atoms with E-state index in [1.165, 1.54) is 5.56 Å². The first kappa shape index (κ1) is 21.2. The number of anilines is 3. The molecule has 1 unspecified atom stereocenters. The topological polar surface area (TPSA) is 132 Å². The smallest absolute Gasteiger partial charge is 0.273 e. The molecule has 1 heterocycles. The second kappa shape index (κ2) is 9.43. The molecule has 2 aromatic rings. The summed E-state index contributed by atoms with van der Waals surface area (Å²) in [5.74, 6) is 0.607. The Morgan fingerprint density at radius 2 is 1.97 bits per heavy atom. The lowest BCUT2D eigenvalue weighted by molar-refractivity contribution is 0.0995. The van der Waals surface area contributed by atoms with Gasteiger partial charge in [-0.3, -0.25) is 4.79 Å². The van der Waals surface area contributed by atoms with E-state index in [-0.39, 0.29) is 17.8 Å². The maximum absolute atomic E-state index is 12.0. The average Bonchev–Trinajstić information content (AvgIpc) is 2.98. The first-order chi connectivity index (χ1) is 15.0. The number of rotatable bonds is 6. The number of fused-ring (bicyclic) bond motifs is 1. The molecule has 2 aliphatic rings. The van der Waals surface area contributed by atoms with Crippen molar-refractivity contribution in [2.75, 3.05) is 10.6 Å². The summed E-state index contributed by atoms with van der Waals surface area (Å²) in [5.41, 5.74) is 14.8. The highest BCUT2D eigenvalue weighted by atomic mass is 16.1. The summed E-state index contributed by atoms with van der Waals surface area (Å²) in [6.07, 6.45) is 11.6. The van der Waals surface area contributed by atoms with Gasteiger partial charge in [0.1, 0.15) is 0 Å². The van der Waals surface area contributed by atoms with Crippen LogP contribution in [0.4, 0.5) is 17.5 Å². The standard InChI is InChI=1S/C23H31N7O/c1-2-14-6-8-15-4-3-5-19(18(15)13-7-14)27-22-20(21(25)31)29-30-23(28-22)26-17-11-9-16(24)10-12-17/h3-5,7,13-14,16-17H,2,6,8-12,24H2,1H3,(H2,25,31)(H2,26,27,28,30). The zero-order chi connectivity index (χ0) is 21.8. The van der Waals surface area contributed by atoms with Gasteiger partial charge in [0.2, 0.25) is 5.95 Å². The minimum absolute atomic E-state index is 0.0258. The van der Waals surface area contributed by atoms with Gasteiger partial charge in [-0.2, -0.15) is 4.98 Å². The van der Waals surface area contributed by atoms with Crippen LogP contribution in [-0.2, 0) is 6.42 Å². The minimum Gasteiger partial charge on any atom is -0.364 e. The van der Waals surface area contributed by atoms with Crippen molar-refractivity contribution in [2.24, 2.45) is 17.4 Å². The average molecular weight is 422 g/mol. The lowest BCUT2D eigenvalue weighted by Gasteiger charge is -2.26. The Morgan fingerprint density at radius 3 is 2.71 bits per heavy atom. The third-order valence-corrected chi connectivity index (χ3v) is 6.32. The number of aromatic nitrogens is 3. The van der Waals surface area contributed by atoms with Gasteiger partial charge in [-0.1, -0.05) is 31.2 Å². The Morgan fingerprint density at radius 1 is 1.16 bits per heavy atom. The van der Waals surface area contributed by atoms with E-state index in [1.54, 1.807) is 0 Å². The highest BCUT2D eigenvalue weighted by molar-refractivity contribution is 5.96. The quantitative estimate of drug-likeness (QED) is 0.562. The molecule has 0 saturated heterocycles. The number of nitrogens with one attached hydrogen (secondary N) is 2. The molecule has 6 N–H and O–H groups in total. The molecule has 2 aliphatic carbocycles. The van der Waals surface area contributed by atoms with Crippen LogP contribution in [0.25, 0.3) is 6.08 Å². The van der Waals surface area contributed by atoms with Crippen LogP contribution in [-0.4, -0.2) is 33.2 Å². The highest BCUT2D eigenvalue weighted by Gasteiger charge is 2.21. The molecule has 0 bridgehead atoms. The van der Waals surface area contributed by atoms with Crippen molar-refractivity contribution in [3.05, 3.63) is 41.1 Å². The molecular formula is C23H31N7O. The number of amides is 1. The maximum atomic E-state index is 12.0. The fourth-order valence-electron chi connectivity index (χ4n) is 4.36. The zero-order valence-corrected chi connectivity index (χ0v) is 18.0. The van der Waals surface area contributed by atoms with E-state index in [2.05, 4.69) is 51.0 Å². The normalized spacial score (nSPS) is 23.0. The number of hydrogen-bond donors (Lipinski definition) is 4. The maximum Gasteiger partial charge on any atom is 0.273 e. The number of aryl methyl sites for hydroxylation is 1. The van der Waals surface area contributed by atoms with Crippen molar-refractivity contribution < 1.29 is 4.79 Å². The van der Waals surface area contributed by atoms with Crippen LogP contribution < -0.4 is 22.1 Å². The first-order valence-electron chi connectivity index (χ1n) is 11.2. The molecule has 31 heavy (non-hydrogen) atoms. The Kier molecular flexibility index (Phi) is 6.46. The van der Waals surface area contributed by atoms with Crippen LogP contribution in [0.15, 0.2) is 24.3 Å². The van der Waals surface area contributed by atoms with Crippen LogP contribution in [0, 0.1) is 5.92 Å². The van der Waals surface area contributed by atoms with Crippen molar-refractivity contribution in [1.82, 2.24) is 15.2 Å². The Bertz CT molecular complexity index is 966. The number of carbonyl (C=O) groups excluding carboxylic acids is 1. The van der Waals surface area contributed by atoms with Crippen molar-refractivity contribution in [2.45, 2.75) is 64.0 Å². The molecule has 1 amide bonds. The fourth-order valence-corrected chi connectivity index (χ4v) is 4.36. The second-order valence-electron chi connectivity index (χ2n) is 8.52. The summed E-state index contributed by atoms with van der Waals surface area (Å²) in [7, 11) is 0. The molecule has 1 atom stereocenters. The largest absolute Gasteiger partial charge is 0.364 e. The van der Waals surface area contributed by atoms with Crippen molar-refractivity contribution in [3.8, 4) is 0 Å². The first-order valence-corrected chi connectivity index (χ1v) is 11.2. The summed E-state index contributed by atoms with van der Waals surface area (Å²) in [5, 5.41) is 14.8. The van der Waals surface area contributed by atoms with Crippen LogP contribution in [0.3, 0.4) is 0 Å². The summed E-state index contributed by atoms with van der Waals surface area (Å²) in [6.45, 7) is 2.21. The van der Waals surface area contributed by atoms with Gasteiger partial charge in [-0.25, -0.2) is 0 Å². The molecule has 8 heteroatoms. The zero-order valence-electron chi connectivity index (χ0n) is 18.0. The molecule has 0 aliphatic heterocycles. The SMILES string of the molecule is CCC1C=Cc2c(cccc2Nc2nc(NC3CCC(N)CC3)nnc2C(N)=O)CC1. The van der Waals surface area contributed by atoms with Crippen LogP contribution in [0.5, 0.6) is 0 Å². The van der Waals surface area contributed by atoms with E-state index in [1.807, 2.05) is 12.1 Å². The van der Waals surface area contributed by atoms with Gasteiger partial charge < -0.3 is 22.1 Å². The van der Waals surface area contributed by atoms with Gasteiger partial charge in [-0.15, -0.1) is 10.2 Å². The monoisotopic (exact) mass is 421 g/mol. The van der Waals surface area contributed by atoms with E-state index >= 15 is 0 Å². The van der Waals surface area contributed by atoms with Gasteiger partial charge in [-0.05, 0) is 62.5 Å². The van der Waals surface area contributed by atoms with Gasteiger partial charge in [0.05, 0.1) is 0 Å². The van der Waals surface area contributed by atoms with Crippen LogP contribution in [0.2, 0.25) is 0 Å². The Hall–Kier alpha value is -3.00. The highest BCUT2D eigenvalue weighted by Crippen LogP contribution is 2.31. The van der Waals surface area contributed by atoms with E-state index in [0.717, 1.165) is 56.2 Å². The summed E-state index contributed by atoms with van der Waals surface area (Å²) >= 11 is 0. The molecule has 0 spiro atoms. The number of allylic oxidation sites excluding steroid dienone is 1. The lowest BCUT2D eigenvalue weighted by Crippen LogP contribution is -2.33. The Labute approximate surface area is 182 Å². The number of nitrogens with two attached hydrogens (primary N) is 2. The second-order valence-corrected chi connectivity index (χ2v) is 8.52. The molecule has 1 aromatic carbocycles. The molecule has 4 rings (SSSR count). The number of carbonyl (C=O) groups is 1. The van der Waals surface area contributed by atoms with Gasteiger partial charge in [0.15, 0.2) is 11.5 Å². The molecule has 1 saturated carbocycles. The van der Waals surface area contributed by atoms with E-state index in [0.29, 0.717) is 17.7 Å². The number of benzene rings is 1. The van der Waals surface area contributed by atoms with E-state index in [9.17, 15) is 4.79 Å². The summed E-state index contributed by atoms with van der Waals surface area (Å²) in [4.78, 5) is 16.5. The van der Waals surface area contributed by atoms with E-state index < -0.39 is 5.91 Å². The fraction of sp³-hybridized carbons (Fsp3) is 0.478. The molecule has 1 fully saturated rings. The van der Waals surface area contributed by atoms with Crippen molar-refractivity contribution >= 4 is 29.4 Å². The Balaban J connectivity index is 1.61. The van der Waals surface area contributed by atoms with Crippen molar-refractivity contribution in [1.29, 1.82) is 0 Å². The van der Waals surface area contributed by atoms with Crippen LogP contribution in [0.1, 0.15) is 67.1 Å². The number of primary amides is 1. The minimum atomic E-state index is -0.665. The molecular weight excluding hydrogens is 390 g/mol. The molecule has 164 valence electrons. The van der Waals surface area contributed by atoms with Gasteiger partial charge in [0, 0.05) is 23.3 Å². The van der Waals surface area contributed by atoms with Gasteiger partial charge in [0.25, 0.3) is 5.91 Å².